The smallest absolute Gasteiger partial charge is 0.232 e. The maximum atomic E-state index is 14.4. The van der Waals surface area contributed by atoms with Gasteiger partial charge in [-0.15, -0.1) is 11.3 Å². The number of nitrogens with one attached hydrogen (secondary N) is 1. The molecule has 2 heterocycles. The van der Waals surface area contributed by atoms with Crippen LogP contribution >= 0.6 is 27.3 Å². The molecule has 5 rings (SSSR count). The van der Waals surface area contributed by atoms with Crippen LogP contribution < -0.4 is 10.2 Å². The number of carbonyl (C=O) groups excluding carboxylic acids is 1. The van der Waals surface area contributed by atoms with Crippen LogP contribution in [0.1, 0.15) is 54.1 Å². The monoisotopic (exact) mass is 556 g/mol. The van der Waals surface area contributed by atoms with Crippen LogP contribution in [0.3, 0.4) is 0 Å². The van der Waals surface area contributed by atoms with Gasteiger partial charge in [-0.3, -0.25) is 10.1 Å². The highest BCUT2D eigenvalue weighted by molar-refractivity contribution is 9.10. The van der Waals surface area contributed by atoms with Crippen molar-refractivity contribution in [3.8, 4) is 0 Å². The molecule has 3 atom stereocenters. The molecular weight excluding hydrogens is 527 g/mol. The minimum atomic E-state index is -0.403. The lowest BCUT2D eigenvalue weighted by Gasteiger charge is -2.33. The molecule has 0 spiro atoms. The molecule has 184 valence electrons. The normalized spacial score (nSPS) is 21.0. The molecule has 1 saturated heterocycles. The first-order valence-electron chi connectivity index (χ1n) is 12.3. The van der Waals surface area contributed by atoms with E-state index in [1.165, 1.54) is 31.4 Å². The van der Waals surface area contributed by atoms with E-state index in [1.807, 2.05) is 36.6 Å². The topological polar surface area (TPSA) is 44.9 Å². The number of hydrogen-bond donors (Lipinski definition) is 1. The number of halogens is 2. The van der Waals surface area contributed by atoms with Crippen molar-refractivity contribution in [1.29, 1.82) is 0 Å². The van der Waals surface area contributed by atoms with Crippen molar-refractivity contribution < 1.29 is 13.9 Å². The van der Waals surface area contributed by atoms with E-state index in [9.17, 15) is 9.18 Å². The van der Waals surface area contributed by atoms with Crippen molar-refractivity contribution in [2.75, 3.05) is 4.90 Å². The highest BCUT2D eigenvalue weighted by Crippen LogP contribution is 2.43. The maximum absolute atomic E-state index is 14.4. The van der Waals surface area contributed by atoms with Gasteiger partial charge in [0.1, 0.15) is 18.1 Å². The summed E-state index contributed by atoms with van der Waals surface area (Å²) in [6, 6.07) is 16.4. The Morgan fingerprint density at radius 2 is 2.00 bits per heavy atom. The Morgan fingerprint density at radius 1 is 1.17 bits per heavy atom. The van der Waals surface area contributed by atoms with E-state index in [0.717, 1.165) is 33.3 Å². The summed E-state index contributed by atoms with van der Waals surface area (Å²) in [7, 11) is 0. The minimum absolute atomic E-state index is 0.0802. The Labute approximate surface area is 218 Å². The maximum Gasteiger partial charge on any atom is 0.232 e. The van der Waals surface area contributed by atoms with Crippen LogP contribution in [0.25, 0.3) is 0 Å². The molecular formula is C28H30BrFN2O2S. The Morgan fingerprint density at radius 3 is 2.74 bits per heavy atom. The summed E-state index contributed by atoms with van der Waals surface area (Å²) in [5.74, 6) is -0.449. The van der Waals surface area contributed by atoms with Gasteiger partial charge in [-0.1, -0.05) is 65.0 Å². The summed E-state index contributed by atoms with van der Waals surface area (Å²) in [6.45, 7) is 2.04. The molecule has 0 radical (unpaired) electrons. The van der Waals surface area contributed by atoms with E-state index < -0.39 is 6.04 Å². The summed E-state index contributed by atoms with van der Waals surface area (Å²) in [5, 5.41) is 5.65. The van der Waals surface area contributed by atoms with Gasteiger partial charge in [-0.25, -0.2) is 4.39 Å². The summed E-state index contributed by atoms with van der Waals surface area (Å²) < 4.78 is 21.5. The first kappa shape index (κ1) is 24.6. The largest absolute Gasteiger partial charge is 0.351 e. The molecule has 2 aromatic carbocycles. The number of epoxide rings is 1. The van der Waals surface area contributed by atoms with Gasteiger partial charge in [-0.2, -0.15) is 0 Å². The fourth-order valence-electron chi connectivity index (χ4n) is 5.09. The average molecular weight is 558 g/mol. The van der Waals surface area contributed by atoms with Crippen LogP contribution in [0.5, 0.6) is 0 Å². The Balaban J connectivity index is 1.53. The van der Waals surface area contributed by atoms with E-state index in [0.29, 0.717) is 11.7 Å². The summed E-state index contributed by atoms with van der Waals surface area (Å²) in [6.07, 6.45) is 5.93. The van der Waals surface area contributed by atoms with Gasteiger partial charge in [-0.05, 0) is 61.0 Å². The number of ether oxygens (including phenoxy) is 1. The first-order valence-corrected chi connectivity index (χ1v) is 13.9. The second-order valence-electron chi connectivity index (χ2n) is 9.49. The SMILES string of the molecule is Cc1ccc(Br)c(C(C2OC2NC2CCCCC2)N(C(=O)Cc2cccs2)c2cccc(F)c2)c1. The summed E-state index contributed by atoms with van der Waals surface area (Å²) >= 11 is 5.28. The van der Waals surface area contributed by atoms with Gasteiger partial charge < -0.3 is 9.64 Å². The average Bonchev–Trinajstić information content (AvgIpc) is 3.39. The lowest BCUT2D eigenvalue weighted by molar-refractivity contribution is -0.118. The number of anilines is 1. The fraction of sp³-hybridized carbons (Fsp3) is 0.393. The Kier molecular flexibility index (Phi) is 7.68. The second-order valence-corrected chi connectivity index (χ2v) is 11.4. The lowest BCUT2D eigenvalue weighted by atomic mass is 9.94. The van der Waals surface area contributed by atoms with Gasteiger partial charge in [0.2, 0.25) is 5.91 Å². The summed E-state index contributed by atoms with van der Waals surface area (Å²) in [5.41, 5.74) is 2.60. The zero-order valence-corrected chi connectivity index (χ0v) is 22.2. The zero-order valence-electron chi connectivity index (χ0n) is 19.8. The van der Waals surface area contributed by atoms with E-state index >= 15 is 0 Å². The van der Waals surface area contributed by atoms with Gasteiger partial charge >= 0.3 is 0 Å². The quantitative estimate of drug-likeness (QED) is 0.306. The molecule has 2 aliphatic rings. The van der Waals surface area contributed by atoms with E-state index in [4.69, 9.17) is 4.74 Å². The zero-order chi connectivity index (χ0) is 24.4. The predicted octanol–water partition coefficient (Wildman–Crippen LogP) is 6.92. The number of aryl methyl sites for hydroxylation is 1. The number of thiophene rings is 1. The third kappa shape index (κ3) is 5.85. The molecule has 35 heavy (non-hydrogen) atoms. The predicted molar refractivity (Wildman–Crippen MR) is 142 cm³/mol. The number of amides is 1. The molecule has 7 heteroatoms. The van der Waals surface area contributed by atoms with Crippen molar-refractivity contribution in [2.24, 2.45) is 0 Å². The standard InChI is InChI=1S/C28H30BrFN2O2S/c1-18-12-13-24(29)23(15-18)26(27-28(34-27)31-20-8-3-2-4-9-20)32(21-10-5-7-19(30)16-21)25(33)17-22-11-6-14-35-22/h5-7,10-16,20,26-28,31H,2-4,8-9,17H2,1H3. The molecule has 4 nitrogen and oxygen atoms in total. The molecule has 1 saturated carbocycles. The van der Waals surface area contributed by atoms with Crippen molar-refractivity contribution in [1.82, 2.24) is 5.32 Å². The third-order valence-electron chi connectivity index (χ3n) is 6.85. The number of rotatable bonds is 8. The lowest BCUT2D eigenvalue weighted by Crippen LogP contribution is -2.42. The van der Waals surface area contributed by atoms with E-state index in [-0.39, 0.29) is 30.5 Å². The minimum Gasteiger partial charge on any atom is -0.351 e. The summed E-state index contributed by atoms with van der Waals surface area (Å²) in [4.78, 5) is 16.6. The van der Waals surface area contributed by atoms with Gasteiger partial charge in [0.25, 0.3) is 0 Å². The number of carbonyl (C=O) groups is 1. The van der Waals surface area contributed by atoms with Crippen LogP contribution in [-0.4, -0.2) is 24.3 Å². The first-order chi connectivity index (χ1) is 17.0. The molecule has 1 N–H and O–H groups in total. The van der Waals surface area contributed by atoms with Crippen LogP contribution in [0, 0.1) is 12.7 Å². The van der Waals surface area contributed by atoms with E-state index in [1.54, 1.807) is 28.4 Å². The van der Waals surface area contributed by atoms with Crippen molar-refractivity contribution >= 4 is 38.9 Å². The van der Waals surface area contributed by atoms with Crippen molar-refractivity contribution in [3.63, 3.8) is 0 Å². The molecule has 1 aliphatic carbocycles. The molecule has 3 unspecified atom stereocenters. The second kappa shape index (κ2) is 10.9. The molecule has 0 bridgehead atoms. The van der Waals surface area contributed by atoms with Crippen LogP contribution in [0.2, 0.25) is 0 Å². The van der Waals surface area contributed by atoms with Gasteiger partial charge in [0.05, 0.1) is 12.5 Å². The van der Waals surface area contributed by atoms with E-state index in [2.05, 4.69) is 27.3 Å². The number of benzene rings is 2. The number of nitrogens with zero attached hydrogens (tertiary/aromatic N) is 1. The van der Waals surface area contributed by atoms with Crippen LogP contribution in [-0.2, 0) is 16.0 Å². The molecule has 2 fully saturated rings. The highest BCUT2D eigenvalue weighted by Gasteiger charge is 2.50. The highest BCUT2D eigenvalue weighted by atomic mass is 79.9. The molecule has 1 aromatic heterocycles. The Hall–Kier alpha value is -2.06. The van der Waals surface area contributed by atoms with Gasteiger partial charge in [0.15, 0.2) is 0 Å². The molecule has 1 amide bonds. The van der Waals surface area contributed by atoms with Crippen molar-refractivity contribution in [2.45, 2.75) is 69.9 Å². The Bertz CT molecular complexity index is 1170. The van der Waals surface area contributed by atoms with Crippen LogP contribution in [0.15, 0.2) is 64.5 Å². The fourth-order valence-corrected chi connectivity index (χ4v) is 6.26. The number of hydrogen-bond acceptors (Lipinski definition) is 4. The third-order valence-corrected chi connectivity index (χ3v) is 8.45. The molecule has 3 aromatic rings. The van der Waals surface area contributed by atoms with Gasteiger partial charge in [0, 0.05) is 21.1 Å². The van der Waals surface area contributed by atoms with Crippen molar-refractivity contribution in [3.05, 3.63) is 86.3 Å². The molecule has 1 aliphatic heterocycles. The van der Waals surface area contributed by atoms with Crippen LogP contribution in [0.4, 0.5) is 10.1 Å².